The van der Waals surface area contributed by atoms with Gasteiger partial charge in [0.25, 0.3) is 0 Å². The number of likely N-dealkylation sites (N-methyl/N-ethyl adjacent to an activating group) is 1. The first-order valence-electron chi connectivity index (χ1n) is 10.5. The summed E-state index contributed by atoms with van der Waals surface area (Å²) in [4.78, 5) is 17.3. The van der Waals surface area contributed by atoms with Crippen molar-refractivity contribution in [2.75, 3.05) is 48.0 Å². The number of carbonyl (C=O) groups excluding carboxylic acids is 1. The van der Waals surface area contributed by atoms with Gasteiger partial charge in [-0.15, -0.1) is 12.4 Å². The lowest BCUT2D eigenvalue weighted by Crippen LogP contribution is -2.39. The minimum Gasteiger partial charge on any atom is -0.493 e. The minimum absolute atomic E-state index is 0. The molecule has 0 saturated carbocycles. The number of methoxy groups -OCH3 is 3. The third-order valence-corrected chi connectivity index (χ3v) is 5.80. The summed E-state index contributed by atoms with van der Waals surface area (Å²) in [5.41, 5.74) is 1.86. The number of hydrogen-bond donors (Lipinski definition) is 1. The highest BCUT2D eigenvalue weighted by Gasteiger charge is 2.28. The standard InChI is InChI=1S/C24H32N2O5.CH4.ClH/c1-25(20(18-8-6-5-7-9-18)16-26-11-10-19(27)15-26)23(28)14-17-12-21(29-2)24(31-4)22(13-17)30-3;;/h5-9,12-13,19-20,27H,10-11,14-16H2,1-4H3;1H4;1H/t19-,20+;;/m0../s1. The molecule has 1 fully saturated rings. The fraction of sp³-hybridized carbons (Fsp3) is 0.480. The van der Waals surface area contributed by atoms with Crippen LogP contribution >= 0.6 is 12.4 Å². The molecule has 2 atom stereocenters. The molecule has 1 N–H and O–H groups in total. The highest BCUT2D eigenvalue weighted by atomic mass is 35.5. The Kier molecular flexibility index (Phi) is 11.5. The Morgan fingerprint density at radius 2 is 1.73 bits per heavy atom. The number of amides is 1. The smallest absolute Gasteiger partial charge is 0.227 e. The van der Waals surface area contributed by atoms with Crippen molar-refractivity contribution in [1.29, 1.82) is 0 Å². The first-order chi connectivity index (χ1) is 15.0. The lowest BCUT2D eigenvalue weighted by molar-refractivity contribution is -0.131. The monoisotopic (exact) mass is 480 g/mol. The van der Waals surface area contributed by atoms with E-state index in [-0.39, 0.29) is 44.3 Å². The van der Waals surface area contributed by atoms with E-state index in [2.05, 4.69) is 4.90 Å². The largest absolute Gasteiger partial charge is 0.493 e. The second-order valence-electron chi connectivity index (χ2n) is 7.84. The number of likely N-dealkylation sites (tertiary alicyclic amines) is 1. The summed E-state index contributed by atoms with van der Waals surface area (Å²) in [6.07, 6.45) is 0.681. The molecule has 7 nitrogen and oxygen atoms in total. The molecule has 0 bridgehead atoms. The Hall–Kier alpha value is -2.48. The number of aliphatic hydroxyl groups is 1. The second-order valence-corrected chi connectivity index (χ2v) is 7.84. The van der Waals surface area contributed by atoms with Crippen LogP contribution in [0.15, 0.2) is 42.5 Å². The first kappa shape index (κ1) is 28.6. The number of carbonyl (C=O) groups is 1. The number of β-amino-alcohol motifs (C(OH)–C–C–N with tert-alkyl or cyclic N) is 1. The van der Waals surface area contributed by atoms with E-state index in [0.717, 1.165) is 24.1 Å². The zero-order chi connectivity index (χ0) is 22.4. The van der Waals surface area contributed by atoms with Gasteiger partial charge in [-0.2, -0.15) is 0 Å². The lowest BCUT2D eigenvalue weighted by atomic mass is 10.0. The van der Waals surface area contributed by atoms with Crippen molar-refractivity contribution in [1.82, 2.24) is 9.80 Å². The summed E-state index contributed by atoms with van der Waals surface area (Å²) in [7, 11) is 6.51. The number of rotatable bonds is 9. The summed E-state index contributed by atoms with van der Waals surface area (Å²) >= 11 is 0. The zero-order valence-electron chi connectivity index (χ0n) is 19.1. The number of benzene rings is 2. The highest BCUT2D eigenvalue weighted by Crippen LogP contribution is 2.38. The van der Waals surface area contributed by atoms with Crippen LogP contribution in [0, 0.1) is 0 Å². The third kappa shape index (κ3) is 7.00. The van der Waals surface area contributed by atoms with E-state index in [1.165, 1.54) is 0 Å². The highest BCUT2D eigenvalue weighted by molar-refractivity contribution is 5.85. The molecule has 0 aromatic heterocycles. The summed E-state index contributed by atoms with van der Waals surface area (Å²) in [5.74, 6) is 1.54. The van der Waals surface area contributed by atoms with Gasteiger partial charge in [0, 0.05) is 26.7 Å². The van der Waals surface area contributed by atoms with Crippen LogP contribution in [-0.4, -0.2) is 74.9 Å². The van der Waals surface area contributed by atoms with E-state index < -0.39 is 0 Å². The number of halogens is 1. The predicted molar refractivity (Wildman–Crippen MR) is 133 cm³/mol. The van der Waals surface area contributed by atoms with Crippen LogP contribution in [0.2, 0.25) is 0 Å². The maximum absolute atomic E-state index is 13.3. The van der Waals surface area contributed by atoms with Gasteiger partial charge in [-0.3, -0.25) is 9.69 Å². The minimum atomic E-state index is -0.295. The Labute approximate surface area is 203 Å². The molecule has 1 heterocycles. The van der Waals surface area contributed by atoms with Gasteiger partial charge < -0.3 is 24.2 Å². The van der Waals surface area contributed by atoms with Crippen LogP contribution in [0.3, 0.4) is 0 Å². The van der Waals surface area contributed by atoms with Gasteiger partial charge in [-0.1, -0.05) is 37.8 Å². The number of hydrogen-bond acceptors (Lipinski definition) is 6. The van der Waals surface area contributed by atoms with Gasteiger partial charge in [-0.05, 0) is 29.7 Å². The van der Waals surface area contributed by atoms with E-state index in [1.54, 1.807) is 38.4 Å². The predicted octanol–water partition coefficient (Wildman–Crippen LogP) is 3.58. The molecule has 1 aliphatic rings. The fourth-order valence-corrected chi connectivity index (χ4v) is 4.06. The SMILES string of the molecule is C.COc1cc(CC(=O)N(C)[C@H](CN2CC[C@H](O)C2)c2ccccc2)cc(OC)c1OC.Cl. The van der Waals surface area contributed by atoms with Crippen LogP contribution in [0.5, 0.6) is 17.2 Å². The molecular weight excluding hydrogens is 444 g/mol. The Bertz CT molecular complexity index is 855. The van der Waals surface area contributed by atoms with Gasteiger partial charge in [-0.25, -0.2) is 0 Å². The Morgan fingerprint density at radius 1 is 1.12 bits per heavy atom. The van der Waals surface area contributed by atoms with Crippen LogP contribution in [0.25, 0.3) is 0 Å². The molecule has 3 rings (SSSR count). The van der Waals surface area contributed by atoms with Gasteiger partial charge in [0.1, 0.15) is 0 Å². The zero-order valence-corrected chi connectivity index (χ0v) is 19.9. The van der Waals surface area contributed by atoms with Crippen LogP contribution in [0.4, 0.5) is 0 Å². The fourth-order valence-electron chi connectivity index (χ4n) is 4.06. The summed E-state index contributed by atoms with van der Waals surface area (Å²) in [6.45, 7) is 2.15. The third-order valence-electron chi connectivity index (χ3n) is 5.80. The van der Waals surface area contributed by atoms with E-state index in [0.29, 0.717) is 30.3 Å². The van der Waals surface area contributed by atoms with Crippen molar-refractivity contribution < 1.29 is 24.1 Å². The average Bonchev–Trinajstić information content (AvgIpc) is 3.21. The van der Waals surface area contributed by atoms with Crippen LogP contribution < -0.4 is 14.2 Å². The summed E-state index contributed by atoms with van der Waals surface area (Å²) in [6, 6.07) is 13.5. The molecule has 1 saturated heterocycles. The van der Waals surface area contributed by atoms with E-state index in [1.807, 2.05) is 37.4 Å². The van der Waals surface area contributed by atoms with E-state index in [4.69, 9.17) is 14.2 Å². The molecule has 0 spiro atoms. The first-order valence-corrected chi connectivity index (χ1v) is 10.5. The molecule has 184 valence electrons. The number of aliphatic hydroxyl groups excluding tert-OH is 1. The Morgan fingerprint density at radius 3 is 2.21 bits per heavy atom. The van der Waals surface area contributed by atoms with Crippen molar-refractivity contribution in [3.63, 3.8) is 0 Å². The molecule has 0 radical (unpaired) electrons. The Balaban J connectivity index is 0.00000272. The van der Waals surface area contributed by atoms with Crippen molar-refractivity contribution in [2.45, 2.75) is 32.4 Å². The van der Waals surface area contributed by atoms with E-state index >= 15 is 0 Å². The van der Waals surface area contributed by atoms with Crippen LogP contribution in [0.1, 0.15) is 31.0 Å². The average molecular weight is 481 g/mol. The molecule has 2 aromatic rings. The van der Waals surface area contributed by atoms with Gasteiger partial charge in [0.2, 0.25) is 11.7 Å². The molecular formula is C25H37ClN2O5. The molecule has 0 aliphatic carbocycles. The second kappa shape index (κ2) is 13.3. The number of ether oxygens (including phenoxy) is 3. The molecule has 1 amide bonds. The number of nitrogens with zero attached hydrogens (tertiary/aromatic N) is 2. The van der Waals surface area contributed by atoms with Gasteiger partial charge >= 0.3 is 0 Å². The maximum atomic E-state index is 13.3. The van der Waals surface area contributed by atoms with Gasteiger partial charge in [0.05, 0.1) is 39.9 Å². The molecule has 0 unspecified atom stereocenters. The summed E-state index contributed by atoms with van der Waals surface area (Å²) < 4.78 is 16.2. The van der Waals surface area contributed by atoms with Crippen molar-refractivity contribution in [2.24, 2.45) is 0 Å². The maximum Gasteiger partial charge on any atom is 0.227 e. The van der Waals surface area contributed by atoms with Crippen molar-refractivity contribution in [3.05, 3.63) is 53.6 Å². The van der Waals surface area contributed by atoms with Crippen molar-refractivity contribution >= 4 is 18.3 Å². The molecule has 8 heteroatoms. The molecule has 2 aromatic carbocycles. The topological polar surface area (TPSA) is 71.5 Å². The van der Waals surface area contributed by atoms with Crippen molar-refractivity contribution in [3.8, 4) is 17.2 Å². The molecule has 33 heavy (non-hydrogen) atoms. The quantitative estimate of drug-likeness (QED) is 0.591. The van der Waals surface area contributed by atoms with E-state index in [9.17, 15) is 9.90 Å². The lowest BCUT2D eigenvalue weighted by Gasteiger charge is -2.32. The summed E-state index contributed by atoms with van der Waals surface area (Å²) in [5, 5.41) is 9.91. The molecule has 1 aliphatic heterocycles. The van der Waals surface area contributed by atoms with Crippen LogP contribution in [-0.2, 0) is 11.2 Å². The normalized spacial score (nSPS) is 16.2. The van der Waals surface area contributed by atoms with Gasteiger partial charge in [0.15, 0.2) is 11.5 Å².